The third-order valence-electron chi connectivity index (χ3n) is 7.20. The highest BCUT2D eigenvalue weighted by molar-refractivity contribution is 5.92. The van der Waals surface area contributed by atoms with Crippen LogP contribution in [0.1, 0.15) is 54.1 Å². The summed E-state index contributed by atoms with van der Waals surface area (Å²) in [6.07, 6.45) is 6.71. The molecule has 1 atom stereocenters. The van der Waals surface area contributed by atoms with Gasteiger partial charge in [-0.2, -0.15) is 5.10 Å². The van der Waals surface area contributed by atoms with E-state index >= 15 is 0 Å². The second kappa shape index (κ2) is 11.5. The Hall–Kier alpha value is -3.42. The molecule has 8 nitrogen and oxygen atoms in total. The van der Waals surface area contributed by atoms with E-state index in [2.05, 4.69) is 49.2 Å². The van der Waals surface area contributed by atoms with E-state index in [0.29, 0.717) is 24.7 Å². The van der Waals surface area contributed by atoms with Crippen LogP contribution in [0.3, 0.4) is 0 Å². The number of carbonyl (C=O) groups is 2. The number of amides is 2. The maximum Gasteiger partial charge on any atom is 0.276 e. The van der Waals surface area contributed by atoms with Gasteiger partial charge >= 0.3 is 0 Å². The molecule has 0 bridgehead atoms. The third kappa shape index (κ3) is 6.22. The summed E-state index contributed by atoms with van der Waals surface area (Å²) >= 11 is 0. The van der Waals surface area contributed by atoms with E-state index in [1.807, 2.05) is 35.2 Å². The lowest BCUT2D eigenvalue weighted by Gasteiger charge is -2.40. The minimum Gasteiger partial charge on any atom is -0.361 e. The normalized spacial score (nSPS) is 15.3. The fraction of sp³-hybridized carbons (Fsp3) is 0.500. The Morgan fingerprint density at radius 3 is 2.56 bits per heavy atom. The number of aryl methyl sites for hydroxylation is 1. The topological polar surface area (TPSA) is 84.5 Å². The van der Waals surface area contributed by atoms with E-state index in [9.17, 15) is 9.59 Å². The molecule has 1 aliphatic rings. The fourth-order valence-electron chi connectivity index (χ4n) is 5.07. The summed E-state index contributed by atoms with van der Waals surface area (Å²) in [6.45, 7) is 7.83. The highest BCUT2D eigenvalue weighted by atomic mass is 16.5. The molecule has 2 amide bonds. The molecule has 2 aromatic heterocycles. The lowest BCUT2D eigenvalue weighted by molar-refractivity contribution is -0.134. The van der Waals surface area contributed by atoms with E-state index in [4.69, 9.17) is 4.52 Å². The van der Waals surface area contributed by atoms with Gasteiger partial charge in [-0.25, -0.2) is 0 Å². The second-order valence-corrected chi connectivity index (χ2v) is 10.3. The van der Waals surface area contributed by atoms with Crippen LogP contribution in [0.15, 0.2) is 53.3 Å². The summed E-state index contributed by atoms with van der Waals surface area (Å²) in [4.78, 5) is 30.0. The van der Waals surface area contributed by atoms with E-state index in [1.165, 1.54) is 11.1 Å². The Balaban J connectivity index is 1.44. The van der Waals surface area contributed by atoms with Crippen LogP contribution < -0.4 is 0 Å². The van der Waals surface area contributed by atoms with Crippen molar-refractivity contribution in [3.05, 3.63) is 71.4 Å². The number of benzene rings is 1. The van der Waals surface area contributed by atoms with Gasteiger partial charge in [-0.05, 0) is 55.2 Å². The number of likely N-dealkylation sites (N-methyl/N-ethyl adjacent to an activating group) is 1. The van der Waals surface area contributed by atoms with Gasteiger partial charge in [-0.1, -0.05) is 43.3 Å². The molecular formula is C28H37N5O3. The van der Waals surface area contributed by atoms with Gasteiger partial charge in [-0.3, -0.25) is 14.3 Å². The number of hydrogen-bond donors (Lipinski definition) is 0. The smallest absolute Gasteiger partial charge is 0.276 e. The molecular weight excluding hydrogens is 454 g/mol. The standard InChI is InChI=1S/C28H37N5O3/c1-20(2)16-24-18-25(30-36-24)28(35)32-14-10-22(11-15-32)26(17-23-9-6-5-8-21(23)3)31(4)27(34)19-33-13-7-12-29-33/h5-9,12-13,18,20,22,26H,10-11,14-17,19H2,1-4H3. The molecule has 192 valence electrons. The van der Waals surface area contributed by atoms with Crippen LogP contribution in [0.4, 0.5) is 0 Å². The molecule has 0 aliphatic carbocycles. The maximum atomic E-state index is 13.2. The zero-order valence-corrected chi connectivity index (χ0v) is 21.8. The van der Waals surface area contributed by atoms with Gasteiger partial charge in [0, 0.05) is 51.1 Å². The minimum atomic E-state index is -0.0780. The van der Waals surface area contributed by atoms with E-state index in [-0.39, 0.29) is 30.3 Å². The van der Waals surface area contributed by atoms with E-state index < -0.39 is 0 Å². The van der Waals surface area contributed by atoms with Crippen molar-refractivity contribution in [2.75, 3.05) is 20.1 Å². The molecule has 36 heavy (non-hydrogen) atoms. The Labute approximate surface area is 213 Å². The fourth-order valence-corrected chi connectivity index (χ4v) is 5.07. The second-order valence-electron chi connectivity index (χ2n) is 10.3. The predicted octanol–water partition coefficient (Wildman–Crippen LogP) is 4.00. The van der Waals surface area contributed by atoms with Crippen LogP contribution in [0, 0.1) is 18.8 Å². The number of hydrogen-bond acceptors (Lipinski definition) is 5. The van der Waals surface area contributed by atoms with Crippen LogP contribution >= 0.6 is 0 Å². The summed E-state index contributed by atoms with van der Waals surface area (Å²) in [5.41, 5.74) is 2.86. The summed E-state index contributed by atoms with van der Waals surface area (Å²) < 4.78 is 7.04. The van der Waals surface area contributed by atoms with Crippen LogP contribution in [0.5, 0.6) is 0 Å². The molecule has 1 aromatic carbocycles. The summed E-state index contributed by atoms with van der Waals surface area (Å²) in [6, 6.07) is 12.0. The van der Waals surface area contributed by atoms with E-state index in [1.54, 1.807) is 16.9 Å². The molecule has 0 radical (unpaired) electrons. The molecule has 0 N–H and O–H groups in total. The molecule has 3 heterocycles. The lowest BCUT2D eigenvalue weighted by Crippen LogP contribution is -2.49. The van der Waals surface area contributed by atoms with Crippen LogP contribution in [0.2, 0.25) is 0 Å². The molecule has 1 fully saturated rings. The Morgan fingerprint density at radius 1 is 1.14 bits per heavy atom. The highest BCUT2D eigenvalue weighted by Crippen LogP contribution is 2.28. The first-order valence-corrected chi connectivity index (χ1v) is 12.8. The van der Waals surface area contributed by atoms with Gasteiger partial charge in [-0.15, -0.1) is 0 Å². The van der Waals surface area contributed by atoms with Crippen molar-refractivity contribution < 1.29 is 14.1 Å². The first kappa shape index (κ1) is 25.7. The van der Waals surface area contributed by atoms with Crippen molar-refractivity contribution in [3.8, 4) is 0 Å². The zero-order valence-electron chi connectivity index (χ0n) is 21.8. The quantitative estimate of drug-likeness (QED) is 0.452. The lowest BCUT2D eigenvalue weighted by atomic mass is 9.84. The average Bonchev–Trinajstić information content (AvgIpc) is 3.55. The predicted molar refractivity (Wildman–Crippen MR) is 137 cm³/mol. The van der Waals surface area contributed by atoms with Gasteiger partial charge in [0.1, 0.15) is 12.3 Å². The van der Waals surface area contributed by atoms with Crippen LogP contribution in [-0.2, 0) is 24.2 Å². The number of piperidine rings is 1. The first-order chi connectivity index (χ1) is 17.3. The molecule has 4 rings (SSSR count). The van der Waals surface area contributed by atoms with Gasteiger partial charge in [0.25, 0.3) is 5.91 Å². The Kier molecular flexibility index (Phi) is 8.23. The highest BCUT2D eigenvalue weighted by Gasteiger charge is 2.34. The van der Waals surface area contributed by atoms with Crippen molar-refractivity contribution in [2.45, 2.75) is 59.0 Å². The Bertz CT molecular complexity index is 1150. The average molecular weight is 492 g/mol. The van der Waals surface area contributed by atoms with Gasteiger partial charge in [0.05, 0.1) is 0 Å². The summed E-state index contributed by atoms with van der Waals surface area (Å²) in [7, 11) is 1.90. The molecule has 1 aliphatic heterocycles. The number of nitrogens with zero attached hydrogens (tertiary/aromatic N) is 5. The minimum absolute atomic E-state index is 0.0380. The molecule has 0 saturated carbocycles. The Morgan fingerprint density at radius 2 is 1.89 bits per heavy atom. The van der Waals surface area contributed by atoms with Crippen molar-refractivity contribution in [3.63, 3.8) is 0 Å². The number of rotatable bonds is 9. The monoisotopic (exact) mass is 491 g/mol. The number of aromatic nitrogens is 3. The van der Waals surface area contributed by atoms with Crippen molar-refractivity contribution in [2.24, 2.45) is 11.8 Å². The largest absolute Gasteiger partial charge is 0.361 e. The molecule has 0 spiro atoms. The third-order valence-corrected chi connectivity index (χ3v) is 7.20. The molecule has 8 heteroatoms. The van der Waals surface area contributed by atoms with Gasteiger partial charge in [0.15, 0.2) is 5.69 Å². The maximum absolute atomic E-state index is 13.2. The molecule has 3 aromatic rings. The molecule has 1 unspecified atom stereocenters. The van der Waals surface area contributed by atoms with Gasteiger partial charge < -0.3 is 14.3 Å². The first-order valence-electron chi connectivity index (χ1n) is 12.8. The van der Waals surface area contributed by atoms with Crippen LogP contribution in [-0.4, -0.2) is 62.7 Å². The van der Waals surface area contributed by atoms with E-state index in [0.717, 1.165) is 31.4 Å². The molecule has 1 saturated heterocycles. The summed E-state index contributed by atoms with van der Waals surface area (Å²) in [5, 5.41) is 8.22. The summed E-state index contributed by atoms with van der Waals surface area (Å²) in [5.74, 6) is 1.43. The van der Waals surface area contributed by atoms with Crippen molar-refractivity contribution >= 4 is 11.8 Å². The van der Waals surface area contributed by atoms with Crippen LogP contribution in [0.25, 0.3) is 0 Å². The van der Waals surface area contributed by atoms with Crippen molar-refractivity contribution in [1.29, 1.82) is 0 Å². The SMILES string of the molecule is Cc1ccccc1CC(C1CCN(C(=O)c2cc(CC(C)C)on2)CC1)N(C)C(=O)Cn1cccn1. The zero-order chi connectivity index (χ0) is 25.7. The van der Waals surface area contributed by atoms with Gasteiger partial charge in [0.2, 0.25) is 5.91 Å². The number of carbonyl (C=O) groups excluding carboxylic acids is 2. The number of likely N-dealkylation sites (tertiary alicyclic amines) is 1. The van der Waals surface area contributed by atoms with Crippen molar-refractivity contribution in [1.82, 2.24) is 24.7 Å².